The molecular formula is C22H21F3N2O2S. The van der Waals surface area contributed by atoms with Crippen LogP contribution in [-0.4, -0.2) is 17.9 Å². The summed E-state index contributed by atoms with van der Waals surface area (Å²) in [6.07, 6.45) is 5.48. The molecular weight excluding hydrogens is 413 g/mol. The smallest absolute Gasteiger partial charge is 0.351 e. The molecule has 1 heterocycles. The monoisotopic (exact) mass is 434 g/mol. The second kappa shape index (κ2) is 9.35. The molecule has 0 spiro atoms. The third-order valence-corrected chi connectivity index (χ3v) is 5.99. The number of terminal acetylenes is 1. The molecule has 1 atom stereocenters. The van der Waals surface area contributed by atoms with Gasteiger partial charge in [-0.25, -0.2) is 0 Å². The molecule has 0 bridgehead atoms. The van der Waals surface area contributed by atoms with Gasteiger partial charge >= 0.3 is 12.1 Å². The van der Waals surface area contributed by atoms with Gasteiger partial charge in [0.15, 0.2) is 6.04 Å². The second-order valence-corrected chi connectivity index (χ2v) is 8.11. The van der Waals surface area contributed by atoms with E-state index < -0.39 is 29.6 Å². The standard InChI is InChI=1S/C22H21F3N2O2S/c1-2-19(28)27(17-11-6-8-15(14-17)22(23,24)25)20(18-12-7-13-30-18)21(29)26-16-9-4-3-5-10-16/h1,6-8,11-14,16,20H,3-5,9-10H2,(H,26,29)/t20-/m1/s1. The maximum atomic E-state index is 13.2. The summed E-state index contributed by atoms with van der Waals surface area (Å²) >= 11 is 1.24. The van der Waals surface area contributed by atoms with Crippen LogP contribution in [0, 0.1) is 12.3 Å². The normalized spacial score (nSPS) is 15.8. The van der Waals surface area contributed by atoms with Crippen LogP contribution in [0.4, 0.5) is 18.9 Å². The first-order valence-corrected chi connectivity index (χ1v) is 10.5. The predicted molar refractivity (Wildman–Crippen MR) is 110 cm³/mol. The highest BCUT2D eigenvalue weighted by molar-refractivity contribution is 7.10. The molecule has 0 unspecified atom stereocenters. The number of halogens is 3. The van der Waals surface area contributed by atoms with Gasteiger partial charge in [0.1, 0.15) is 0 Å². The minimum Gasteiger partial charge on any atom is -0.351 e. The van der Waals surface area contributed by atoms with Gasteiger partial charge in [-0.2, -0.15) is 13.2 Å². The number of rotatable bonds is 5. The predicted octanol–water partition coefficient (Wildman–Crippen LogP) is 4.92. The van der Waals surface area contributed by atoms with Gasteiger partial charge in [-0.1, -0.05) is 31.4 Å². The van der Waals surface area contributed by atoms with Gasteiger partial charge < -0.3 is 5.32 Å². The van der Waals surface area contributed by atoms with Crippen molar-refractivity contribution in [1.82, 2.24) is 5.32 Å². The van der Waals surface area contributed by atoms with Gasteiger partial charge in [0.25, 0.3) is 0 Å². The molecule has 1 aliphatic rings. The average molecular weight is 434 g/mol. The quantitative estimate of drug-likeness (QED) is 0.679. The fourth-order valence-electron chi connectivity index (χ4n) is 3.63. The summed E-state index contributed by atoms with van der Waals surface area (Å²) in [5.74, 6) is 0.617. The molecule has 1 aromatic carbocycles. The first-order valence-electron chi connectivity index (χ1n) is 9.62. The van der Waals surface area contributed by atoms with Crippen molar-refractivity contribution in [3.8, 4) is 12.3 Å². The molecule has 8 heteroatoms. The molecule has 30 heavy (non-hydrogen) atoms. The number of amides is 2. The Balaban J connectivity index is 2.02. The molecule has 158 valence electrons. The van der Waals surface area contributed by atoms with Crippen LogP contribution in [0.2, 0.25) is 0 Å². The van der Waals surface area contributed by atoms with E-state index in [-0.39, 0.29) is 11.7 Å². The number of carbonyl (C=O) groups is 2. The van der Waals surface area contributed by atoms with Crippen LogP contribution < -0.4 is 10.2 Å². The van der Waals surface area contributed by atoms with Crippen LogP contribution in [0.3, 0.4) is 0 Å². The lowest BCUT2D eigenvalue weighted by Crippen LogP contribution is -2.46. The Bertz CT molecular complexity index is 929. The summed E-state index contributed by atoms with van der Waals surface area (Å²) < 4.78 is 39.7. The summed E-state index contributed by atoms with van der Waals surface area (Å²) in [7, 11) is 0. The SMILES string of the molecule is C#CC(=O)N(c1cccc(C(F)(F)F)c1)[C@@H](C(=O)NC1CCCCC1)c1cccs1. The third kappa shape index (κ3) is 5.03. The molecule has 3 rings (SSSR count). The molecule has 1 saturated carbocycles. The fourth-order valence-corrected chi connectivity index (χ4v) is 4.45. The largest absolute Gasteiger partial charge is 0.416 e. The zero-order valence-electron chi connectivity index (χ0n) is 16.1. The maximum absolute atomic E-state index is 13.2. The summed E-state index contributed by atoms with van der Waals surface area (Å²) in [4.78, 5) is 27.4. The highest BCUT2D eigenvalue weighted by atomic mass is 32.1. The van der Waals surface area contributed by atoms with Gasteiger partial charge in [0, 0.05) is 16.6 Å². The van der Waals surface area contributed by atoms with Crippen molar-refractivity contribution in [3.05, 3.63) is 52.2 Å². The molecule has 2 aromatic rings. The average Bonchev–Trinajstić information content (AvgIpc) is 3.25. The number of nitrogens with one attached hydrogen (secondary N) is 1. The lowest BCUT2D eigenvalue weighted by molar-refractivity contribution is -0.137. The Labute approximate surface area is 177 Å². The van der Waals surface area contributed by atoms with E-state index >= 15 is 0 Å². The summed E-state index contributed by atoms with van der Waals surface area (Å²) in [6.45, 7) is 0. The van der Waals surface area contributed by atoms with Gasteiger partial charge in [-0.15, -0.1) is 17.8 Å². The van der Waals surface area contributed by atoms with Gasteiger partial charge in [0.2, 0.25) is 5.91 Å². The van der Waals surface area contributed by atoms with E-state index in [1.807, 2.05) is 5.92 Å². The zero-order chi connectivity index (χ0) is 21.7. The molecule has 1 aliphatic carbocycles. The second-order valence-electron chi connectivity index (χ2n) is 7.13. The number of carbonyl (C=O) groups excluding carboxylic acids is 2. The highest BCUT2D eigenvalue weighted by Gasteiger charge is 2.36. The van der Waals surface area contributed by atoms with Crippen molar-refractivity contribution < 1.29 is 22.8 Å². The van der Waals surface area contributed by atoms with E-state index in [1.165, 1.54) is 23.5 Å². The number of thiophene rings is 1. The van der Waals surface area contributed by atoms with E-state index in [4.69, 9.17) is 6.42 Å². The molecule has 1 aromatic heterocycles. The number of benzene rings is 1. The van der Waals surface area contributed by atoms with E-state index in [9.17, 15) is 22.8 Å². The van der Waals surface area contributed by atoms with Crippen molar-refractivity contribution >= 4 is 28.8 Å². The first-order chi connectivity index (χ1) is 14.3. The van der Waals surface area contributed by atoms with E-state index in [0.717, 1.165) is 49.1 Å². The Morgan fingerprint density at radius 2 is 1.90 bits per heavy atom. The van der Waals surface area contributed by atoms with Crippen LogP contribution in [0.25, 0.3) is 0 Å². The van der Waals surface area contributed by atoms with Crippen LogP contribution in [0.1, 0.15) is 48.6 Å². The van der Waals surface area contributed by atoms with Crippen molar-refractivity contribution in [2.45, 2.75) is 50.4 Å². The number of hydrogen-bond acceptors (Lipinski definition) is 3. The zero-order valence-corrected chi connectivity index (χ0v) is 16.9. The van der Waals surface area contributed by atoms with E-state index in [1.54, 1.807) is 17.5 Å². The Morgan fingerprint density at radius 1 is 1.17 bits per heavy atom. The van der Waals surface area contributed by atoms with Crippen molar-refractivity contribution in [2.24, 2.45) is 0 Å². The van der Waals surface area contributed by atoms with Crippen molar-refractivity contribution in [1.29, 1.82) is 0 Å². The molecule has 0 aliphatic heterocycles. The number of anilines is 1. The highest BCUT2D eigenvalue weighted by Crippen LogP contribution is 2.35. The minimum absolute atomic E-state index is 0.0296. The topological polar surface area (TPSA) is 49.4 Å². The van der Waals surface area contributed by atoms with Crippen LogP contribution in [-0.2, 0) is 15.8 Å². The van der Waals surface area contributed by atoms with Crippen LogP contribution in [0.5, 0.6) is 0 Å². The third-order valence-electron chi connectivity index (χ3n) is 5.06. The Hall–Kier alpha value is -2.79. The van der Waals surface area contributed by atoms with Crippen molar-refractivity contribution in [3.63, 3.8) is 0 Å². The summed E-state index contributed by atoms with van der Waals surface area (Å²) in [6, 6.07) is 6.48. The summed E-state index contributed by atoms with van der Waals surface area (Å²) in [5.41, 5.74) is -1.00. The molecule has 2 amide bonds. The molecule has 4 nitrogen and oxygen atoms in total. The van der Waals surface area contributed by atoms with Gasteiger partial charge in [-0.3, -0.25) is 14.5 Å². The molecule has 1 N–H and O–H groups in total. The number of hydrogen-bond donors (Lipinski definition) is 1. The number of nitrogens with zero attached hydrogens (tertiary/aromatic N) is 1. The lowest BCUT2D eigenvalue weighted by Gasteiger charge is -2.31. The van der Waals surface area contributed by atoms with Crippen LogP contribution in [0.15, 0.2) is 41.8 Å². The number of alkyl halides is 3. The first kappa shape index (κ1) is 21.9. The molecule has 1 fully saturated rings. The maximum Gasteiger partial charge on any atom is 0.416 e. The van der Waals surface area contributed by atoms with Gasteiger partial charge in [-0.05, 0) is 48.4 Å². The Morgan fingerprint density at radius 3 is 2.50 bits per heavy atom. The Kier molecular flexibility index (Phi) is 6.83. The molecule has 0 radical (unpaired) electrons. The van der Waals surface area contributed by atoms with Gasteiger partial charge in [0.05, 0.1) is 5.56 Å². The van der Waals surface area contributed by atoms with Crippen molar-refractivity contribution in [2.75, 3.05) is 4.90 Å². The lowest BCUT2D eigenvalue weighted by atomic mass is 9.95. The van der Waals surface area contributed by atoms with E-state index in [0.29, 0.717) is 4.88 Å². The van der Waals surface area contributed by atoms with E-state index in [2.05, 4.69) is 5.32 Å². The summed E-state index contributed by atoms with van der Waals surface area (Å²) in [5, 5.41) is 4.70. The minimum atomic E-state index is -4.59. The molecule has 0 saturated heterocycles. The van der Waals surface area contributed by atoms with Crippen LogP contribution >= 0.6 is 11.3 Å². The fraction of sp³-hybridized carbons (Fsp3) is 0.364.